The van der Waals surface area contributed by atoms with Gasteiger partial charge in [-0.05, 0) is 59.9 Å². The molecule has 2 aliphatic carbocycles. The van der Waals surface area contributed by atoms with Gasteiger partial charge in [-0.3, -0.25) is 29.0 Å². The van der Waals surface area contributed by atoms with Crippen LogP contribution in [0.4, 0.5) is 0 Å². The first kappa shape index (κ1) is 34.7. The van der Waals surface area contributed by atoms with Crippen molar-refractivity contribution in [3.8, 4) is 0 Å². The van der Waals surface area contributed by atoms with E-state index in [0.29, 0.717) is 30.0 Å². The van der Waals surface area contributed by atoms with E-state index < -0.39 is 52.5 Å². The summed E-state index contributed by atoms with van der Waals surface area (Å²) in [6, 6.07) is 8.07. The van der Waals surface area contributed by atoms with Crippen molar-refractivity contribution in [2.24, 2.45) is 22.4 Å². The molecule has 2 aliphatic heterocycles. The number of oxime groups is 1. The second-order valence-corrected chi connectivity index (χ2v) is 15.5. The number of likely N-dealkylation sites (tertiary alicyclic amines) is 1. The van der Waals surface area contributed by atoms with Gasteiger partial charge in [-0.2, -0.15) is 0 Å². The average Bonchev–Trinajstić information content (AvgIpc) is 4.00. The first-order valence-corrected chi connectivity index (χ1v) is 17.6. The Morgan fingerprint density at radius 3 is 2.45 bits per heavy atom. The number of amides is 3. The molecule has 2 unspecified atom stereocenters. The Balaban J connectivity index is 1.25. The van der Waals surface area contributed by atoms with Crippen molar-refractivity contribution in [3.05, 3.63) is 64.9 Å². The zero-order valence-electron chi connectivity index (χ0n) is 28.4. The van der Waals surface area contributed by atoms with Crippen molar-refractivity contribution in [2.75, 3.05) is 6.54 Å². The van der Waals surface area contributed by atoms with Crippen LogP contribution >= 0.6 is 11.6 Å². The molecule has 260 valence electrons. The lowest BCUT2D eigenvalue weighted by molar-refractivity contribution is -0.145. The summed E-state index contributed by atoms with van der Waals surface area (Å²) in [6.07, 6.45) is 6.79. The minimum Gasteiger partial charge on any atom is -0.387 e. The summed E-state index contributed by atoms with van der Waals surface area (Å²) in [4.78, 5) is 79.5. The Kier molecular flexibility index (Phi) is 9.68. The number of halogens is 1. The van der Waals surface area contributed by atoms with E-state index in [-0.39, 0.29) is 43.0 Å². The summed E-state index contributed by atoms with van der Waals surface area (Å²) in [5.41, 5.74) is 0.721. The molecule has 49 heavy (non-hydrogen) atoms. The van der Waals surface area contributed by atoms with Crippen LogP contribution in [-0.2, 0) is 28.8 Å². The summed E-state index contributed by atoms with van der Waals surface area (Å²) in [6.45, 7) is 7.28. The van der Waals surface area contributed by atoms with Gasteiger partial charge in [0.2, 0.25) is 23.5 Å². The predicted molar refractivity (Wildman–Crippen MR) is 183 cm³/mol. The van der Waals surface area contributed by atoms with Crippen LogP contribution in [0.25, 0.3) is 0 Å². The van der Waals surface area contributed by atoms with E-state index in [0.717, 1.165) is 24.0 Å². The number of aromatic nitrogens is 1. The van der Waals surface area contributed by atoms with Gasteiger partial charge in [0.1, 0.15) is 12.1 Å². The second kappa shape index (κ2) is 13.7. The van der Waals surface area contributed by atoms with Gasteiger partial charge in [0.05, 0.1) is 18.3 Å². The Morgan fingerprint density at radius 1 is 1.06 bits per heavy atom. The molecule has 3 fully saturated rings. The fourth-order valence-electron chi connectivity index (χ4n) is 7.03. The van der Waals surface area contributed by atoms with Crippen LogP contribution in [0.1, 0.15) is 89.7 Å². The van der Waals surface area contributed by atoms with Crippen LogP contribution in [0.2, 0.25) is 5.02 Å². The smallest absolute Gasteiger partial charge is 0.246 e. The van der Waals surface area contributed by atoms with Crippen LogP contribution in [0.5, 0.6) is 0 Å². The fourth-order valence-corrected chi connectivity index (χ4v) is 7.22. The van der Waals surface area contributed by atoms with Gasteiger partial charge in [-0.1, -0.05) is 69.4 Å². The van der Waals surface area contributed by atoms with Crippen LogP contribution in [0.3, 0.4) is 0 Å². The lowest BCUT2D eigenvalue weighted by Gasteiger charge is -2.35. The quantitative estimate of drug-likeness (QED) is 0.315. The van der Waals surface area contributed by atoms with E-state index in [9.17, 15) is 24.0 Å². The number of nitrogens with zero attached hydrogens (tertiary/aromatic N) is 3. The van der Waals surface area contributed by atoms with Crippen molar-refractivity contribution in [2.45, 2.75) is 102 Å². The third-order valence-corrected chi connectivity index (χ3v) is 10.4. The SMILES string of the molecule is CCC(=O)C(=O)[C@H](CC1CC1)NC(=O)[C@@H]1C[C@]2(CC(c3cccc(Cl)c3)=NO2)CN1C(=O)[C@@H](NC(=O)C1CC1c1ccncc1)C(C)(C)C. The minimum absolute atomic E-state index is 0.0398. The van der Waals surface area contributed by atoms with Crippen LogP contribution in [-0.4, -0.2) is 75.2 Å². The molecule has 2 aromatic rings. The highest BCUT2D eigenvalue weighted by Gasteiger charge is 2.56. The van der Waals surface area contributed by atoms with Crippen LogP contribution < -0.4 is 10.6 Å². The van der Waals surface area contributed by atoms with E-state index in [4.69, 9.17) is 16.4 Å². The van der Waals surface area contributed by atoms with Gasteiger partial charge in [0, 0.05) is 48.2 Å². The summed E-state index contributed by atoms with van der Waals surface area (Å²) in [7, 11) is 0. The average molecular weight is 690 g/mol. The minimum atomic E-state index is -1.03. The standard InChI is InChI=1S/C37H44ClN5O6/c1-5-30(44)31(45)27(15-21-9-10-21)40-34(47)29-19-37(18-28(42-49-37)23-7-6-8-24(38)16-23)20-43(29)35(48)32(36(2,3)4)41-33(46)26-17-25(26)22-11-13-39-14-12-22/h6-8,11-14,16,21,25-27,29,32H,5,9-10,15,17-20H2,1-4H3,(H,40,47)(H,41,46)/t25?,26?,27-,29-,32+,37+/m0/s1. The Morgan fingerprint density at radius 2 is 1.80 bits per heavy atom. The van der Waals surface area contributed by atoms with Crippen LogP contribution in [0, 0.1) is 17.3 Å². The molecule has 1 saturated heterocycles. The molecule has 0 radical (unpaired) electrons. The Hall–Kier alpha value is -4.12. The molecule has 6 atom stereocenters. The van der Waals surface area contributed by atoms with E-state index in [1.165, 1.54) is 4.90 Å². The number of hydrogen-bond acceptors (Lipinski definition) is 8. The summed E-state index contributed by atoms with van der Waals surface area (Å²) >= 11 is 6.25. The molecule has 2 saturated carbocycles. The normalized spacial score (nSPS) is 25.6. The first-order chi connectivity index (χ1) is 23.3. The number of rotatable bonds is 12. The van der Waals surface area contributed by atoms with Gasteiger partial charge in [-0.15, -0.1) is 0 Å². The third-order valence-electron chi connectivity index (χ3n) is 10.1. The Bertz CT molecular complexity index is 1670. The number of ketones is 2. The molecule has 12 heteroatoms. The number of carbonyl (C=O) groups excluding carboxylic acids is 5. The molecule has 11 nitrogen and oxygen atoms in total. The van der Waals surface area contributed by atoms with Gasteiger partial charge in [-0.25, -0.2) is 0 Å². The lowest BCUT2D eigenvalue weighted by Crippen LogP contribution is -2.59. The third kappa shape index (κ3) is 7.71. The molecular weight excluding hydrogens is 646 g/mol. The lowest BCUT2D eigenvalue weighted by atomic mass is 9.85. The number of benzene rings is 1. The highest BCUT2D eigenvalue weighted by atomic mass is 35.5. The van der Waals surface area contributed by atoms with Crippen molar-refractivity contribution < 1.29 is 28.8 Å². The van der Waals surface area contributed by atoms with Crippen LogP contribution in [0.15, 0.2) is 53.9 Å². The molecule has 6 rings (SSSR count). The van der Waals surface area contributed by atoms with Crippen molar-refractivity contribution in [1.82, 2.24) is 20.5 Å². The molecule has 3 amide bonds. The van der Waals surface area contributed by atoms with Crippen molar-refractivity contribution in [1.29, 1.82) is 0 Å². The summed E-state index contributed by atoms with van der Waals surface area (Å²) < 4.78 is 0. The van der Waals surface area contributed by atoms with E-state index >= 15 is 0 Å². The molecule has 2 N–H and O–H groups in total. The molecule has 0 bridgehead atoms. The summed E-state index contributed by atoms with van der Waals surface area (Å²) in [5, 5.41) is 10.8. The number of Topliss-reactive ketones (excluding diaryl/α,β-unsaturated/α-hetero) is 2. The molecule has 1 aromatic carbocycles. The maximum Gasteiger partial charge on any atom is 0.246 e. The topological polar surface area (TPSA) is 147 Å². The van der Waals surface area contributed by atoms with E-state index in [2.05, 4.69) is 20.8 Å². The zero-order chi connectivity index (χ0) is 35.1. The monoisotopic (exact) mass is 689 g/mol. The van der Waals surface area contributed by atoms with Gasteiger partial charge in [0.25, 0.3) is 0 Å². The first-order valence-electron chi connectivity index (χ1n) is 17.2. The highest BCUT2D eigenvalue weighted by Crippen LogP contribution is 2.48. The van der Waals surface area contributed by atoms with E-state index in [1.807, 2.05) is 45.0 Å². The van der Waals surface area contributed by atoms with Gasteiger partial charge < -0.3 is 20.4 Å². The highest BCUT2D eigenvalue weighted by molar-refractivity contribution is 6.39. The molecule has 1 aromatic heterocycles. The molecule has 4 aliphatic rings. The maximum atomic E-state index is 14.6. The maximum absolute atomic E-state index is 14.6. The number of hydrogen-bond donors (Lipinski definition) is 2. The van der Waals surface area contributed by atoms with Crippen molar-refractivity contribution >= 4 is 46.6 Å². The second-order valence-electron chi connectivity index (χ2n) is 15.1. The summed E-state index contributed by atoms with van der Waals surface area (Å²) in [5.74, 6) is -2.31. The fraction of sp³-hybridized carbons (Fsp3) is 0.541. The molecule has 3 heterocycles. The largest absolute Gasteiger partial charge is 0.387 e. The number of carbonyl (C=O) groups is 5. The Labute approximate surface area is 291 Å². The van der Waals surface area contributed by atoms with E-state index in [1.54, 1.807) is 31.5 Å². The molecular formula is C37H44ClN5O6. The van der Waals surface area contributed by atoms with Gasteiger partial charge >= 0.3 is 0 Å². The number of nitrogens with one attached hydrogen (secondary N) is 2. The number of pyridine rings is 1. The van der Waals surface area contributed by atoms with Gasteiger partial charge in [0.15, 0.2) is 11.4 Å². The predicted octanol–water partition coefficient (Wildman–Crippen LogP) is 4.37. The molecule has 1 spiro atoms. The zero-order valence-corrected chi connectivity index (χ0v) is 29.2. The van der Waals surface area contributed by atoms with Crippen molar-refractivity contribution in [3.63, 3.8) is 0 Å².